The topological polar surface area (TPSA) is 24.5 Å². The first kappa shape index (κ1) is 13.8. The summed E-state index contributed by atoms with van der Waals surface area (Å²) in [5.41, 5.74) is 0.0420. The fourth-order valence-electron chi connectivity index (χ4n) is 4.30. The van der Waals surface area contributed by atoms with Crippen molar-refractivity contribution in [2.75, 3.05) is 26.2 Å². The van der Waals surface area contributed by atoms with E-state index in [-0.39, 0.29) is 5.60 Å². The highest BCUT2D eigenvalue weighted by Crippen LogP contribution is 2.32. The molecule has 1 aliphatic carbocycles. The highest BCUT2D eigenvalue weighted by Gasteiger charge is 2.34. The van der Waals surface area contributed by atoms with Gasteiger partial charge in [0, 0.05) is 31.7 Å². The van der Waals surface area contributed by atoms with Crippen molar-refractivity contribution in [3.05, 3.63) is 0 Å². The molecule has 0 bridgehead atoms. The zero-order valence-corrected chi connectivity index (χ0v) is 12.7. The molecule has 3 heteroatoms. The normalized spacial score (nSPS) is 39.8. The number of hydrogen-bond acceptors (Lipinski definition) is 3. The van der Waals surface area contributed by atoms with Gasteiger partial charge in [-0.15, -0.1) is 0 Å². The van der Waals surface area contributed by atoms with Gasteiger partial charge in [-0.2, -0.15) is 0 Å². The number of fused-ring (bicyclic) bond motifs is 1. The van der Waals surface area contributed by atoms with Crippen molar-refractivity contribution < 1.29 is 4.74 Å². The number of nitrogens with one attached hydrogen (secondary N) is 1. The molecule has 3 fully saturated rings. The summed E-state index contributed by atoms with van der Waals surface area (Å²) in [7, 11) is 0. The Bertz CT molecular complexity index is 305. The van der Waals surface area contributed by atoms with E-state index in [4.69, 9.17) is 4.74 Å². The molecule has 0 aromatic heterocycles. The van der Waals surface area contributed by atoms with E-state index in [1.54, 1.807) is 0 Å². The summed E-state index contributed by atoms with van der Waals surface area (Å²) in [5, 5.41) is 3.95. The zero-order chi connectivity index (χ0) is 13.3. The molecule has 3 nitrogen and oxygen atoms in total. The Hall–Kier alpha value is -0.120. The molecule has 3 atom stereocenters. The Labute approximate surface area is 118 Å². The minimum Gasteiger partial charge on any atom is -0.373 e. The Balaban J connectivity index is 1.50. The molecular weight excluding hydrogens is 236 g/mol. The van der Waals surface area contributed by atoms with Gasteiger partial charge in [-0.3, -0.25) is 4.90 Å². The van der Waals surface area contributed by atoms with Crippen LogP contribution in [0, 0.1) is 5.92 Å². The Morgan fingerprint density at radius 3 is 2.84 bits per heavy atom. The summed E-state index contributed by atoms with van der Waals surface area (Å²) in [6, 6.07) is 1.54. The summed E-state index contributed by atoms with van der Waals surface area (Å²) in [4.78, 5) is 2.60. The maximum absolute atomic E-state index is 5.81. The van der Waals surface area contributed by atoms with Crippen LogP contribution in [0.5, 0.6) is 0 Å². The van der Waals surface area contributed by atoms with E-state index in [0.29, 0.717) is 6.04 Å². The molecule has 3 rings (SSSR count). The third-order valence-corrected chi connectivity index (χ3v) is 5.23. The predicted molar refractivity (Wildman–Crippen MR) is 78.4 cm³/mol. The monoisotopic (exact) mass is 266 g/mol. The lowest BCUT2D eigenvalue weighted by atomic mass is 9.77. The maximum atomic E-state index is 5.81. The molecular formula is C16H30N2O. The van der Waals surface area contributed by atoms with Crippen LogP contribution >= 0.6 is 0 Å². The molecule has 3 aliphatic rings. The number of morpholine rings is 1. The summed E-state index contributed by atoms with van der Waals surface area (Å²) in [5.74, 6) is 0.978. The summed E-state index contributed by atoms with van der Waals surface area (Å²) >= 11 is 0. The average molecular weight is 266 g/mol. The fraction of sp³-hybridized carbons (Fsp3) is 1.00. The van der Waals surface area contributed by atoms with Crippen LogP contribution in [0.15, 0.2) is 0 Å². The fourth-order valence-corrected chi connectivity index (χ4v) is 4.30. The summed E-state index contributed by atoms with van der Waals surface area (Å²) in [6.07, 6.45) is 8.61. The van der Waals surface area contributed by atoms with E-state index in [9.17, 15) is 0 Å². The number of piperidine rings is 1. The second kappa shape index (κ2) is 5.71. The van der Waals surface area contributed by atoms with Crippen molar-refractivity contribution in [1.29, 1.82) is 0 Å². The van der Waals surface area contributed by atoms with Crippen LogP contribution < -0.4 is 5.32 Å². The van der Waals surface area contributed by atoms with Gasteiger partial charge >= 0.3 is 0 Å². The minimum absolute atomic E-state index is 0.0420. The molecule has 2 aliphatic heterocycles. The van der Waals surface area contributed by atoms with Crippen LogP contribution in [0.4, 0.5) is 0 Å². The molecule has 0 aromatic rings. The van der Waals surface area contributed by atoms with Gasteiger partial charge in [-0.1, -0.05) is 12.8 Å². The van der Waals surface area contributed by atoms with Gasteiger partial charge in [-0.25, -0.2) is 0 Å². The van der Waals surface area contributed by atoms with E-state index in [2.05, 4.69) is 24.1 Å². The highest BCUT2D eigenvalue weighted by molar-refractivity contribution is 4.91. The zero-order valence-electron chi connectivity index (χ0n) is 12.7. The molecule has 0 radical (unpaired) electrons. The van der Waals surface area contributed by atoms with Crippen LogP contribution in [-0.4, -0.2) is 48.8 Å². The predicted octanol–water partition coefficient (Wildman–Crippen LogP) is 2.41. The molecule has 1 saturated carbocycles. The largest absolute Gasteiger partial charge is 0.373 e. The van der Waals surface area contributed by atoms with E-state index < -0.39 is 0 Å². The van der Waals surface area contributed by atoms with Gasteiger partial charge in [0.1, 0.15) is 0 Å². The Kier molecular flexibility index (Phi) is 4.16. The quantitative estimate of drug-likeness (QED) is 0.830. The molecule has 2 heterocycles. The van der Waals surface area contributed by atoms with Crippen molar-refractivity contribution >= 4 is 0 Å². The van der Waals surface area contributed by atoms with Gasteiger partial charge in [0.05, 0.1) is 12.2 Å². The van der Waals surface area contributed by atoms with Crippen molar-refractivity contribution in [2.24, 2.45) is 5.92 Å². The third kappa shape index (κ3) is 3.50. The van der Waals surface area contributed by atoms with E-state index in [1.807, 2.05) is 0 Å². The minimum atomic E-state index is 0.0420. The van der Waals surface area contributed by atoms with E-state index >= 15 is 0 Å². The first-order valence-corrected chi connectivity index (χ1v) is 8.25. The molecule has 2 saturated heterocycles. The number of nitrogens with zero attached hydrogens (tertiary/aromatic N) is 1. The summed E-state index contributed by atoms with van der Waals surface area (Å²) in [6.45, 7) is 8.73. The van der Waals surface area contributed by atoms with Crippen molar-refractivity contribution in [3.8, 4) is 0 Å². The lowest BCUT2D eigenvalue weighted by Crippen LogP contribution is -2.56. The third-order valence-electron chi connectivity index (χ3n) is 5.23. The van der Waals surface area contributed by atoms with E-state index in [1.165, 1.54) is 45.1 Å². The van der Waals surface area contributed by atoms with Crippen LogP contribution in [0.25, 0.3) is 0 Å². The SMILES string of the molecule is CC1(C)CN(CC2CCC3CCCCC3N2)CCO1. The van der Waals surface area contributed by atoms with Crippen molar-refractivity contribution in [1.82, 2.24) is 10.2 Å². The Morgan fingerprint density at radius 2 is 2.00 bits per heavy atom. The number of rotatable bonds is 2. The van der Waals surface area contributed by atoms with Gasteiger partial charge < -0.3 is 10.1 Å². The standard InChI is InChI=1S/C16H30N2O/c1-16(2)12-18(9-10-19-16)11-14-8-7-13-5-3-4-6-15(13)17-14/h13-15,17H,3-12H2,1-2H3. The van der Waals surface area contributed by atoms with Crippen LogP contribution in [0.1, 0.15) is 52.4 Å². The van der Waals surface area contributed by atoms with Gasteiger partial charge in [0.15, 0.2) is 0 Å². The van der Waals surface area contributed by atoms with Gasteiger partial charge in [0.25, 0.3) is 0 Å². The van der Waals surface area contributed by atoms with Gasteiger partial charge in [0.2, 0.25) is 0 Å². The second-order valence-electron chi connectivity index (χ2n) is 7.44. The molecule has 110 valence electrons. The van der Waals surface area contributed by atoms with Gasteiger partial charge in [-0.05, 0) is 45.4 Å². The van der Waals surface area contributed by atoms with E-state index in [0.717, 1.165) is 31.7 Å². The first-order chi connectivity index (χ1) is 9.12. The maximum Gasteiger partial charge on any atom is 0.0753 e. The molecule has 0 spiro atoms. The first-order valence-electron chi connectivity index (χ1n) is 8.25. The molecule has 0 amide bonds. The van der Waals surface area contributed by atoms with Crippen molar-refractivity contribution in [3.63, 3.8) is 0 Å². The number of ether oxygens (including phenoxy) is 1. The van der Waals surface area contributed by atoms with Crippen molar-refractivity contribution in [2.45, 2.75) is 70.1 Å². The lowest BCUT2D eigenvalue weighted by Gasteiger charge is -2.44. The lowest BCUT2D eigenvalue weighted by molar-refractivity contribution is -0.0887. The summed E-state index contributed by atoms with van der Waals surface area (Å²) < 4.78 is 5.81. The average Bonchev–Trinajstić information content (AvgIpc) is 2.37. The molecule has 0 aromatic carbocycles. The molecule has 1 N–H and O–H groups in total. The van der Waals surface area contributed by atoms with Crippen LogP contribution in [0.2, 0.25) is 0 Å². The molecule has 19 heavy (non-hydrogen) atoms. The highest BCUT2D eigenvalue weighted by atomic mass is 16.5. The smallest absolute Gasteiger partial charge is 0.0753 e. The Morgan fingerprint density at radius 1 is 1.16 bits per heavy atom. The number of hydrogen-bond donors (Lipinski definition) is 1. The second-order valence-corrected chi connectivity index (χ2v) is 7.44. The van der Waals surface area contributed by atoms with Crippen LogP contribution in [0.3, 0.4) is 0 Å². The van der Waals surface area contributed by atoms with Crippen LogP contribution in [-0.2, 0) is 4.74 Å². The molecule has 3 unspecified atom stereocenters.